The number of carbonyl (C=O) groups excluding carboxylic acids is 1. The van der Waals surface area contributed by atoms with Gasteiger partial charge in [0.25, 0.3) is 0 Å². The highest BCUT2D eigenvalue weighted by molar-refractivity contribution is 7.09. The van der Waals surface area contributed by atoms with Gasteiger partial charge in [-0.25, -0.2) is 0 Å². The van der Waals surface area contributed by atoms with Crippen molar-refractivity contribution in [3.63, 3.8) is 0 Å². The SMILES string of the molecule is O=C(C[C@H]1COC2(CCN(Cc3cccs3)CC2)C1)N1CCCC1. The number of thiophene rings is 1. The number of nitrogens with zero attached hydrogens (tertiary/aromatic N) is 2. The van der Waals surface area contributed by atoms with Crippen LogP contribution in [0.3, 0.4) is 0 Å². The quantitative estimate of drug-likeness (QED) is 0.838. The zero-order valence-corrected chi connectivity index (χ0v) is 15.2. The summed E-state index contributed by atoms with van der Waals surface area (Å²) in [5, 5.41) is 2.16. The van der Waals surface area contributed by atoms with Gasteiger partial charge in [-0.3, -0.25) is 9.69 Å². The summed E-state index contributed by atoms with van der Waals surface area (Å²) in [6.07, 6.45) is 6.37. The molecular formula is C19H28N2O2S. The van der Waals surface area contributed by atoms with Crippen molar-refractivity contribution in [1.29, 1.82) is 0 Å². The molecule has 4 nitrogen and oxygen atoms in total. The smallest absolute Gasteiger partial charge is 0.222 e. The molecule has 3 fully saturated rings. The molecule has 0 saturated carbocycles. The number of hydrogen-bond donors (Lipinski definition) is 0. The van der Waals surface area contributed by atoms with Gasteiger partial charge in [-0.15, -0.1) is 11.3 Å². The molecule has 0 radical (unpaired) electrons. The first kappa shape index (κ1) is 16.6. The van der Waals surface area contributed by atoms with E-state index in [2.05, 4.69) is 27.3 Å². The minimum absolute atomic E-state index is 0.0574. The summed E-state index contributed by atoms with van der Waals surface area (Å²) in [6.45, 7) is 6.02. The fraction of sp³-hybridized carbons (Fsp3) is 0.737. The van der Waals surface area contributed by atoms with Gasteiger partial charge in [0.05, 0.1) is 12.2 Å². The van der Waals surface area contributed by atoms with Crippen LogP contribution >= 0.6 is 11.3 Å². The zero-order valence-electron chi connectivity index (χ0n) is 14.4. The average molecular weight is 349 g/mol. The maximum Gasteiger partial charge on any atom is 0.222 e. The van der Waals surface area contributed by atoms with Crippen LogP contribution in [0.15, 0.2) is 17.5 Å². The van der Waals surface area contributed by atoms with Gasteiger partial charge < -0.3 is 9.64 Å². The van der Waals surface area contributed by atoms with E-state index in [1.54, 1.807) is 0 Å². The lowest BCUT2D eigenvalue weighted by atomic mass is 9.84. The van der Waals surface area contributed by atoms with Crippen LogP contribution < -0.4 is 0 Å². The van der Waals surface area contributed by atoms with E-state index >= 15 is 0 Å². The Morgan fingerprint density at radius 3 is 2.75 bits per heavy atom. The van der Waals surface area contributed by atoms with Crippen molar-refractivity contribution in [2.45, 2.75) is 50.7 Å². The van der Waals surface area contributed by atoms with Crippen molar-refractivity contribution in [3.05, 3.63) is 22.4 Å². The molecule has 1 atom stereocenters. The Kier molecular flexibility index (Phi) is 4.93. The minimum atomic E-state index is 0.0574. The topological polar surface area (TPSA) is 32.8 Å². The van der Waals surface area contributed by atoms with Crippen LogP contribution in [-0.4, -0.2) is 54.1 Å². The number of amides is 1. The maximum absolute atomic E-state index is 12.4. The number of ether oxygens (including phenoxy) is 1. The van der Waals surface area contributed by atoms with Crippen molar-refractivity contribution < 1.29 is 9.53 Å². The van der Waals surface area contributed by atoms with E-state index in [0.717, 1.165) is 58.6 Å². The summed E-state index contributed by atoms with van der Waals surface area (Å²) in [5.74, 6) is 0.787. The summed E-state index contributed by atoms with van der Waals surface area (Å²) in [5.41, 5.74) is 0.0574. The Morgan fingerprint density at radius 1 is 1.25 bits per heavy atom. The Labute approximate surface area is 148 Å². The van der Waals surface area contributed by atoms with Crippen LogP contribution in [0.1, 0.15) is 43.4 Å². The lowest BCUT2D eigenvalue weighted by Crippen LogP contribution is -2.43. The predicted molar refractivity (Wildman–Crippen MR) is 96.1 cm³/mol. The van der Waals surface area contributed by atoms with E-state index in [4.69, 9.17) is 4.74 Å². The standard InChI is InChI=1S/C19H28N2O2S/c22-18(21-7-1-2-8-21)12-16-13-19(23-15-16)5-9-20(10-6-19)14-17-4-3-11-24-17/h3-4,11,16H,1-2,5-10,12-15H2/t16-/m1/s1. The van der Waals surface area contributed by atoms with Crippen molar-refractivity contribution in [1.82, 2.24) is 9.80 Å². The number of rotatable bonds is 4. The zero-order chi connectivity index (χ0) is 16.4. The van der Waals surface area contributed by atoms with E-state index in [-0.39, 0.29) is 5.60 Å². The van der Waals surface area contributed by atoms with Crippen LogP contribution in [0.5, 0.6) is 0 Å². The lowest BCUT2D eigenvalue weighted by molar-refractivity contribution is -0.131. The number of piperidine rings is 1. The third-order valence-corrected chi connectivity index (χ3v) is 6.80. The highest BCUT2D eigenvalue weighted by Crippen LogP contribution is 2.40. The van der Waals surface area contributed by atoms with Crippen LogP contribution in [0.4, 0.5) is 0 Å². The first-order valence-electron chi connectivity index (χ1n) is 9.39. The summed E-state index contributed by atoms with van der Waals surface area (Å²) in [7, 11) is 0. The van der Waals surface area contributed by atoms with Gasteiger partial charge in [-0.2, -0.15) is 0 Å². The average Bonchev–Trinajstić information content (AvgIpc) is 3.33. The van der Waals surface area contributed by atoms with Gasteiger partial charge in [0.2, 0.25) is 5.91 Å². The minimum Gasteiger partial charge on any atom is -0.375 e. The Morgan fingerprint density at radius 2 is 2.04 bits per heavy atom. The Balaban J connectivity index is 1.25. The maximum atomic E-state index is 12.4. The molecule has 3 aliphatic heterocycles. The fourth-order valence-electron chi connectivity index (χ4n) is 4.50. The van der Waals surface area contributed by atoms with Gasteiger partial charge in [0, 0.05) is 44.0 Å². The highest BCUT2D eigenvalue weighted by atomic mass is 32.1. The molecule has 132 valence electrons. The molecule has 3 aliphatic rings. The second kappa shape index (κ2) is 7.14. The first-order valence-corrected chi connectivity index (χ1v) is 10.3. The van der Waals surface area contributed by atoms with E-state index in [9.17, 15) is 4.79 Å². The third kappa shape index (κ3) is 3.68. The van der Waals surface area contributed by atoms with Gasteiger partial charge in [0.15, 0.2) is 0 Å². The van der Waals surface area contributed by atoms with Crippen LogP contribution in [0.25, 0.3) is 0 Å². The molecule has 24 heavy (non-hydrogen) atoms. The normalized spacial score (nSPS) is 27.2. The van der Waals surface area contributed by atoms with E-state index in [1.807, 2.05) is 11.3 Å². The summed E-state index contributed by atoms with van der Waals surface area (Å²) < 4.78 is 6.25. The monoisotopic (exact) mass is 348 g/mol. The Hall–Kier alpha value is -0.910. The molecule has 0 aromatic carbocycles. The summed E-state index contributed by atoms with van der Waals surface area (Å²) in [4.78, 5) is 18.4. The lowest BCUT2D eigenvalue weighted by Gasteiger charge is -2.38. The highest BCUT2D eigenvalue weighted by Gasteiger charge is 2.43. The van der Waals surface area contributed by atoms with E-state index < -0.39 is 0 Å². The molecule has 3 saturated heterocycles. The van der Waals surface area contributed by atoms with Crippen molar-refractivity contribution in [2.75, 3.05) is 32.8 Å². The number of hydrogen-bond acceptors (Lipinski definition) is 4. The van der Waals surface area contributed by atoms with Gasteiger partial charge in [-0.05, 0) is 49.5 Å². The second-order valence-corrected chi connectivity index (χ2v) is 8.74. The van der Waals surface area contributed by atoms with Crippen LogP contribution in [-0.2, 0) is 16.1 Å². The fourth-order valence-corrected chi connectivity index (χ4v) is 5.25. The molecule has 1 spiro atoms. The van der Waals surface area contributed by atoms with Crippen LogP contribution in [0, 0.1) is 5.92 Å². The third-order valence-electron chi connectivity index (χ3n) is 5.93. The largest absolute Gasteiger partial charge is 0.375 e. The van der Waals surface area contributed by atoms with E-state index in [1.165, 1.54) is 17.7 Å². The molecule has 0 bridgehead atoms. The van der Waals surface area contributed by atoms with Crippen molar-refractivity contribution >= 4 is 17.2 Å². The molecule has 5 heteroatoms. The van der Waals surface area contributed by atoms with Gasteiger partial charge >= 0.3 is 0 Å². The molecule has 1 aromatic heterocycles. The number of carbonyl (C=O) groups is 1. The first-order chi connectivity index (χ1) is 11.7. The molecule has 1 aromatic rings. The molecule has 0 N–H and O–H groups in total. The number of likely N-dealkylation sites (tertiary alicyclic amines) is 2. The molecule has 4 rings (SSSR count). The predicted octanol–water partition coefficient (Wildman–Crippen LogP) is 3.13. The van der Waals surface area contributed by atoms with Gasteiger partial charge in [0.1, 0.15) is 0 Å². The molecule has 0 unspecified atom stereocenters. The van der Waals surface area contributed by atoms with Crippen molar-refractivity contribution in [2.24, 2.45) is 5.92 Å². The molecule has 1 amide bonds. The molecule has 0 aliphatic carbocycles. The Bertz CT molecular complexity index is 546. The van der Waals surface area contributed by atoms with E-state index in [0.29, 0.717) is 18.2 Å². The summed E-state index contributed by atoms with van der Waals surface area (Å²) >= 11 is 1.84. The van der Waals surface area contributed by atoms with Crippen LogP contribution in [0.2, 0.25) is 0 Å². The molecular weight excluding hydrogens is 320 g/mol. The van der Waals surface area contributed by atoms with Crippen molar-refractivity contribution in [3.8, 4) is 0 Å². The molecule has 4 heterocycles. The van der Waals surface area contributed by atoms with Gasteiger partial charge in [-0.1, -0.05) is 6.07 Å². The second-order valence-electron chi connectivity index (χ2n) is 7.71. The summed E-state index contributed by atoms with van der Waals surface area (Å²) in [6, 6.07) is 4.36.